The molecule has 130 valence electrons. The molecule has 3 aromatic carbocycles. The molecule has 1 N–H and O–H groups in total. The van der Waals surface area contributed by atoms with Gasteiger partial charge in [-0.15, -0.1) is 0 Å². The van der Waals surface area contributed by atoms with Gasteiger partial charge in [-0.05, 0) is 66.1 Å². The molecule has 0 aliphatic carbocycles. The van der Waals surface area contributed by atoms with Crippen LogP contribution in [0.15, 0.2) is 77.8 Å². The average Bonchev–Trinajstić information content (AvgIpc) is 2.68. The summed E-state index contributed by atoms with van der Waals surface area (Å²) < 4.78 is 5.42. The number of rotatable bonds is 6. The first-order valence-corrected chi connectivity index (χ1v) is 8.37. The molecule has 26 heavy (non-hydrogen) atoms. The number of aromatic carboxylic acids is 1. The Balaban J connectivity index is 1.77. The van der Waals surface area contributed by atoms with Gasteiger partial charge in [0.25, 0.3) is 0 Å². The summed E-state index contributed by atoms with van der Waals surface area (Å²) in [6.45, 7) is 2.60. The zero-order chi connectivity index (χ0) is 18.4. The molecule has 0 bridgehead atoms. The molecule has 3 rings (SSSR count). The second-order valence-corrected chi connectivity index (χ2v) is 5.66. The number of carbonyl (C=O) groups is 1. The highest BCUT2D eigenvalue weighted by atomic mass is 16.5. The van der Waals surface area contributed by atoms with Crippen molar-refractivity contribution in [2.45, 2.75) is 6.92 Å². The number of nitrogens with zero attached hydrogens (tertiary/aromatic N) is 1. The summed E-state index contributed by atoms with van der Waals surface area (Å²) >= 11 is 0. The fourth-order valence-corrected chi connectivity index (χ4v) is 2.61. The van der Waals surface area contributed by atoms with E-state index in [4.69, 9.17) is 4.74 Å². The lowest BCUT2D eigenvalue weighted by Crippen LogP contribution is -1.98. The van der Waals surface area contributed by atoms with Gasteiger partial charge < -0.3 is 9.84 Å². The first kappa shape index (κ1) is 17.4. The number of ether oxygens (including phenoxy) is 1. The van der Waals surface area contributed by atoms with Crippen molar-refractivity contribution in [1.29, 1.82) is 0 Å². The van der Waals surface area contributed by atoms with Crippen LogP contribution in [0.5, 0.6) is 5.75 Å². The van der Waals surface area contributed by atoms with Crippen LogP contribution < -0.4 is 4.74 Å². The van der Waals surface area contributed by atoms with E-state index in [1.165, 1.54) is 0 Å². The van der Waals surface area contributed by atoms with E-state index in [-0.39, 0.29) is 5.56 Å². The van der Waals surface area contributed by atoms with Gasteiger partial charge >= 0.3 is 5.97 Å². The monoisotopic (exact) mass is 345 g/mol. The number of hydrogen-bond donors (Lipinski definition) is 1. The van der Waals surface area contributed by atoms with Gasteiger partial charge in [0.1, 0.15) is 5.75 Å². The predicted molar refractivity (Wildman–Crippen MR) is 104 cm³/mol. The minimum absolute atomic E-state index is 0.290. The number of carboxylic acid groups (broad SMARTS) is 1. The maximum atomic E-state index is 11.4. The highest BCUT2D eigenvalue weighted by Gasteiger charge is 2.10. The van der Waals surface area contributed by atoms with Crippen LogP contribution in [0.2, 0.25) is 0 Å². The molecule has 0 heterocycles. The normalized spacial score (nSPS) is 10.8. The summed E-state index contributed by atoms with van der Waals surface area (Å²) in [6.07, 6.45) is 1.79. The smallest absolute Gasteiger partial charge is 0.336 e. The fourth-order valence-electron chi connectivity index (χ4n) is 2.61. The van der Waals surface area contributed by atoms with Crippen molar-refractivity contribution in [1.82, 2.24) is 0 Å². The number of hydrogen-bond acceptors (Lipinski definition) is 3. The first-order chi connectivity index (χ1) is 12.7. The maximum absolute atomic E-state index is 11.4. The number of aliphatic imine (C=N–C) groups is 1. The molecule has 3 aromatic rings. The van der Waals surface area contributed by atoms with E-state index < -0.39 is 5.97 Å². The molecule has 4 nitrogen and oxygen atoms in total. The van der Waals surface area contributed by atoms with Gasteiger partial charge in [0.05, 0.1) is 17.9 Å². The molecule has 0 saturated carbocycles. The average molecular weight is 345 g/mol. The molecule has 0 aliphatic heterocycles. The Labute approximate surface area is 152 Å². The lowest BCUT2D eigenvalue weighted by molar-refractivity contribution is 0.0697. The van der Waals surface area contributed by atoms with Gasteiger partial charge in [0, 0.05) is 6.21 Å². The Bertz CT molecular complexity index is 913. The van der Waals surface area contributed by atoms with Crippen molar-refractivity contribution in [3.05, 3.63) is 83.9 Å². The predicted octanol–water partition coefficient (Wildman–Crippen LogP) is 5.20. The van der Waals surface area contributed by atoms with E-state index in [9.17, 15) is 9.90 Å². The van der Waals surface area contributed by atoms with E-state index in [1.807, 2.05) is 67.6 Å². The molecule has 0 aliphatic rings. The van der Waals surface area contributed by atoms with E-state index >= 15 is 0 Å². The Hall–Kier alpha value is -3.40. The van der Waals surface area contributed by atoms with Crippen LogP contribution >= 0.6 is 0 Å². The van der Waals surface area contributed by atoms with Crippen molar-refractivity contribution in [2.75, 3.05) is 6.61 Å². The molecule has 4 heteroatoms. The Morgan fingerprint density at radius 2 is 1.69 bits per heavy atom. The molecule has 0 atom stereocenters. The summed E-state index contributed by atoms with van der Waals surface area (Å²) in [5.41, 5.74) is 3.62. The topological polar surface area (TPSA) is 58.9 Å². The van der Waals surface area contributed by atoms with Crippen molar-refractivity contribution >= 4 is 17.9 Å². The second kappa shape index (κ2) is 8.12. The van der Waals surface area contributed by atoms with E-state index in [1.54, 1.807) is 18.3 Å². The van der Waals surface area contributed by atoms with Gasteiger partial charge in [0.2, 0.25) is 0 Å². The minimum Gasteiger partial charge on any atom is -0.494 e. The highest BCUT2D eigenvalue weighted by molar-refractivity contribution is 5.96. The van der Waals surface area contributed by atoms with E-state index in [2.05, 4.69) is 4.99 Å². The largest absolute Gasteiger partial charge is 0.494 e. The van der Waals surface area contributed by atoms with Crippen molar-refractivity contribution in [2.24, 2.45) is 4.99 Å². The summed E-state index contributed by atoms with van der Waals surface area (Å²) in [4.78, 5) is 15.8. The van der Waals surface area contributed by atoms with Crippen LogP contribution in [0, 0.1) is 0 Å². The second-order valence-electron chi connectivity index (χ2n) is 5.66. The SMILES string of the molecule is CCOc1ccc(C=Nc2ccc(-c3ccccc3C(=O)O)cc2)cc1. The Morgan fingerprint density at radius 1 is 1.00 bits per heavy atom. The van der Waals surface area contributed by atoms with Gasteiger partial charge in [-0.1, -0.05) is 30.3 Å². The minimum atomic E-state index is -0.932. The van der Waals surface area contributed by atoms with Gasteiger partial charge in [0.15, 0.2) is 0 Å². The zero-order valence-corrected chi connectivity index (χ0v) is 14.4. The van der Waals surface area contributed by atoms with Gasteiger partial charge in [-0.3, -0.25) is 4.99 Å². The summed E-state index contributed by atoms with van der Waals surface area (Å²) in [7, 11) is 0. The van der Waals surface area contributed by atoms with E-state index in [0.717, 1.165) is 22.6 Å². The van der Waals surface area contributed by atoms with Crippen molar-refractivity contribution in [3.63, 3.8) is 0 Å². The molecule has 0 amide bonds. The molecule has 0 aromatic heterocycles. The molecule has 0 spiro atoms. The van der Waals surface area contributed by atoms with Crippen LogP contribution in [-0.4, -0.2) is 23.9 Å². The maximum Gasteiger partial charge on any atom is 0.336 e. The molecular formula is C22H19NO3. The van der Waals surface area contributed by atoms with Gasteiger partial charge in [-0.25, -0.2) is 4.79 Å². The lowest BCUT2D eigenvalue weighted by atomic mass is 9.99. The number of carboxylic acids is 1. The summed E-state index contributed by atoms with van der Waals surface area (Å²) in [5, 5.41) is 9.31. The molecular weight excluding hydrogens is 326 g/mol. The van der Waals surface area contributed by atoms with Gasteiger partial charge in [-0.2, -0.15) is 0 Å². The molecule has 0 radical (unpaired) electrons. The van der Waals surface area contributed by atoms with Crippen molar-refractivity contribution in [3.8, 4) is 16.9 Å². The third-order valence-corrected chi connectivity index (χ3v) is 3.89. The first-order valence-electron chi connectivity index (χ1n) is 8.37. The standard InChI is InChI=1S/C22H19NO3/c1-2-26-19-13-7-16(8-14-19)15-23-18-11-9-17(10-12-18)20-5-3-4-6-21(20)22(24)25/h3-15H,2H2,1H3,(H,24,25). The van der Waals surface area contributed by atoms with Crippen LogP contribution in [0.4, 0.5) is 5.69 Å². The van der Waals surface area contributed by atoms with Crippen LogP contribution in [0.3, 0.4) is 0 Å². The Morgan fingerprint density at radius 3 is 2.35 bits per heavy atom. The summed E-state index contributed by atoms with van der Waals surface area (Å²) in [6, 6.07) is 22.2. The van der Waals surface area contributed by atoms with Crippen LogP contribution in [0.1, 0.15) is 22.8 Å². The molecule has 0 saturated heterocycles. The highest BCUT2D eigenvalue weighted by Crippen LogP contribution is 2.26. The van der Waals surface area contributed by atoms with Crippen molar-refractivity contribution < 1.29 is 14.6 Å². The molecule has 0 unspecified atom stereocenters. The third kappa shape index (κ3) is 4.16. The fraction of sp³-hybridized carbons (Fsp3) is 0.0909. The lowest BCUT2D eigenvalue weighted by Gasteiger charge is -2.06. The number of benzene rings is 3. The molecule has 0 fully saturated rings. The quantitative estimate of drug-likeness (QED) is 0.625. The Kier molecular flexibility index (Phi) is 5.44. The van der Waals surface area contributed by atoms with E-state index in [0.29, 0.717) is 12.2 Å². The third-order valence-electron chi connectivity index (χ3n) is 3.89. The summed E-state index contributed by atoms with van der Waals surface area (Å²) in [5.74, 6) is -0.0932. The zero-order valence-electron chi connectivity index (χ0n) is 14.4. The van der Waals surface area contributed by atoms with Crippen LogP contribution in [0.25, 0.3) is 11.1 Å². The van der Waals surface area contributed by atoms with Crippen LogP contribution in [-0.2, 0) is 0 Å².